The number of aryl methyl sites for hydroxylation is 2. The van der Waals surface area contributed by atoms with E-state index in [0.717, 1.165) is 11.3 Å². The van der Waals surface area contributed by atoms with E-state index in [2.05, 4.69) is 10.6 Å². The first-order valence-corrected chi connectivity index (χ1v) is 14.0. The number of ether oxygens (including phenoxy) is 1. The van der Waals surface area contributed by atoms with Crippen molar-refractivity contribution in [3.8, 4) is 0 Å². The van der Waals surface area contributed by atoms with Crippen molar-refractivity contribution in [3.05, 3.63) is 40.4 Å². The van der Waals surface area contributed by atoms with Crippen LogP contribution in [0.25, 0.3) is 0 Å². The standard InChI is InChI=1S/C29H42N2O9/c1-6-15(2)29(37)39-26-10-9-24(31-38-14-23-17(4)30-40-18(23)5)22-13-25(34)16(3)21(28(22)26)8-7-19(32)11-20(33)12-27(35)36/h9,13,15-16,19-21,26,28,31-33H,6-8,10-12,14H2,1-5H3,(H,35,36). The lowest BCUT2D eigenvalue weighted by molar-refractivity contribution is -0.157. The lowest BCUT2D eigenvalue weighted by Crippen LogP contribution is -2.45. The van der Waals surface area contributed by atoms with Crippen LogP contribution < -0.4 is 5.48 Å². The lowest BCUT2D eigenvalue weighted by atomic mass is 9.64. The molecule has 40 heavy (non-hydrogen) atoms. The van der Waals surface area contributed by atoms with Gasteiger partial charge in [0.15, 0.2) is 5.78 Å². The Morgan fingerprint density at radius 2 is 1.98 bits per heavy atom. The minimum Gasteiger partial charge on any atom is -0.481 e. The number of carbonyl (C=O) groups is 3. The number of rotatable bonds is 14. The summed E-state index contributed by atoms with van der Waals surface area (Å²) >= 11 is 0. The molecule has 1 aromatic rings. The molecule has 3 rings (SSSR count). The molecule has 0 aromatic carbocycles. The number of hydrogen-bond acceptors (Lipinski definition) is 10. The monoisotopic (exact) mass is 562 g/mol. The highest BCUT2D eigenvalue weighted by Gasteiger charge is 2.45. The third kappa shape index (κ3) is 7.80. The van der Waals surface area contributed by atoms with Gasteiger partial charge in [0.05, 0.1) is 35.9 Å². The zero-order valence-electron chi connectivity index (χ0n) is 23.9. The Bertz CT molecular complexity index is 1110. The number of carboxylic acid groups (broad SMARTS) is 1. The van der Waals surface area contributed by atoms with Gasteiger partial charge in [0.1, 0.15) is 18.5 Å². The van der Waals surface area contributed by atoms with Gasteiger partial charge in [0, 0.05) is 23.8 Å². The maximum Gasteiger partial charge on any atom is 0.308 e. The molecule has 7 unspecified atom stereocenters. The van der Waals surface area contributed by atoms with Crippen molar-refractivity contribution in [2.75, 3.05) is 0 Å². The molecule has 2 aliphatic rings. The predicted molar refractivity (Wildman–Crippen MR) is 143 cm³/mol. The summed E-state index contributed by atoms with van der Waals surface area (Å²) in [6, 6.07) is 0. The first-order valence-electron chi connectivity index (χ1n) is 14.0. The third-order valence-corrected chi connectivity index (χ3v) is 8.12. The molecule has 0 aliphatic heterocycles. The molecule has 11 nitrogen and oxygen atoms in total. The number of fused-ring (bicyclic) bond motifs is 1. The molecule has 0 amide bonds. The van der Waals surface area contributed by atoms with Crippen molar-refractivity contribution in [2.24, 2.45) is 23.7 Å². The highest BCUT2D eigenvalue weighted by molar-refractivity contribution is 5.94. The second-order valence-electron chi connectivity index (χ2n) is 11.0. The summed E-state index contributed by atoms with van der Waals surface area (Å²) < 4.78 is 11.2. The Kier molecular flexibility index (Phi) is 11.1. The number of hydroxylamine groups is 1. The van der Waals surface area contributed by atoms with Crippen molar-refractivity contribution in [3.63, 3.8) is 0 Å². The number of nitrogens with zero attached hydrogens (tertiary/aromatic N) is 1. The van der Waals surface area contributed by atoms with Crippen LogP contribution in [0.1, 0.15) is 76.3 Å². The Labute approximate surface area is 234 Å². The summed E-state index contributed by atoms with van der Waals surface area (Å²) in [4.78, 5) is 42.6. The van der Waals surface area contributed by atoms with Gasteiger partial charge < -0.3 is 24.6 Å². The minimum absolute atomic E-state index is 0.0797. The van der Waals surface area contributed by atoms with Crippen LogP contribution in [0.4, 0.5) is 0 Å². The van der Waals surface area contributed by atoms with Crippen LogP contribution in [-0.2, 0) is 30.6 Å². The molecule has 1 aromatic heterocycles. The van der Waals surface area contributed by atoms with Crippen molar-refractivity contribution in [1.29, 1.82) is 0 Å². The Morgan fingerprint density at radius 3 is 2.60 bits per heavy atom. The minimum atomic E-state index is -1.17. The van der Waals surface area contributed by atoms with E-state index in [1.807, 2.05) is 33.8 Å². The number of ketones is 1. The van der Waals surface area contributed by atoms with Gasteiger partial charge in [-0.1, -0.05) is 32.0 Å². The molecule has 0 saturated heterocycles. The van der Waals surface area contributed by atoms with Crippen LogP contribution in [0.2, 0.25) is 0 Å². The quantitative estimate of drug-likeness (QED) is 0.194. The molecular formula is C29H42N2O9. The zero-order chi connectivity index (χ0) is 29.6. The van der Waals surface area contributed by atoms with Crippen LogP contribution in [0.3, 0.4) is 0 Å². The first-order chi connectivity index (χ1) is 18.9. The molecule has 7 atom stereocenters. The van der Waals surface area contributed by atoms with Gasteiger partial charge in [-0.2, -0.15) is 0 Å². The highest BCUT2D eigenvalue weighted by Crippen LogP contribution is 2.45. The van der Waals surface area contributed by atoms with Gasteiger partial charge in [0.2, 0.25) is 0 Å². The first kappa shape index (κ1) is 31.5. The van der Waals surface area contributed by atoms with Crippen LogP contribution >= 0.6 is 0 Å². The number of aliphatic hydroxyl groups is 2. The van der Waals surface area contributed by atoms with Crippen LogP contribution in [0.5, 0.6) is 0 Å². The number of carbonyl (C=O) groups excluding carboxylic acids is 2. The SMILES string of the molecule is CCC(C)C(=O)OC1CC=C(NOCc2c(C)noc2C)C2=CC(=O)C(C)C(CCC(O)CC(O)CC(=O)O)C21. The van der Waals surface area contributed by atoms with Gasteiger partial charge in [-0.05, 0) is 57.1 Å². The van der Waals surface area contributed by atoms with Crippen molar-refractivity contribution in [1.82, 2.24) is 10.6 Å². The van der Waals surface area contributed by atoms with E-state index in [-0.39, 0.29) is 49.0 Å². The molecule has 11 heteroatoms. The number of carboxylic acids is 1. The van der Waals surface area contributed by atoms with E-state index in [1.54, 1.807) is 13.0 Å². The van der Waals surface area contributed by atoms with Crippen molar-refractivity contribution < 1.29 is 43.8 Å². The van der Waals surface area contributed by atoms with E-state index in [0.29, 0.717) is 36.3 Å². The highest BCUT2D eigenvalue weighted by atomic mass is 16.6. The Morgan fingerprint density at radius 1 is 1.25 bits per heavy atom. The fraction of sp³-hybridized carbons (Fsp3) is 0.655. The second kappa shape index (κ2) is 14.0. The van der Waals surface area contributed by atoms with Crippen molar-refractivity contribution >= 4 is 17.7 Å². The molecule has 0 bridgehead atoms. The number of aliphatic hydroxyl groups excluding tert-OH is 2. The topological polar surface area (TPSA) is 168 Å². The Hall–Kier alpha value is -3.02. The van der Waals surface area contributed by atoms with E-state index in [1.165, 1.54) is 0 Å². The summed E-state index contributed by atoms with van der Waals surface area (Å²) in [7, 11) is 0. The van der Waals surface area contributed by atoms with E-state index in [9.17, 15) is 24.6 Å². The molecule has 0 saturated carbocycles. The number of aliphatic carboxylic acids is 1. The predicted octanol–water partition coefficient (Wildman–Crippen LogP) is 3.30. The van der Waals surface area contributed by atoms with Gasteiger partial charge in [-0.15, -0.1) is 0 Å². The normalized spacial score (nSPS) is 24.8. The average molecular weight is 563 g/mol. The summed E-state index contributed by atoms with van der Waals surface area (Å²) in [6.45, 7) is 9.39. The summed E-state index contributed by atoms with van der Waals surface area (Å²) in [5.74, 6) is -2.12. The maximum absolute atomic E-state index is 13.1. The number of aromatic nitrogens is 1. The van der Waals surface area contributed by atoms with Crippen LogP contribution in [0.15, 0.2) is 27.9 Å². The zero-order valence-corrected chi connectivity index (χ0v) is 23.9. The summed E-state index contributed by atoms with van der Waals surface area (Å²) in [5.41, 5.74) is 5.82. The summed E-state index contributed by atoms with van der Waals surface area (Å²) in [5, 5.41) is 33.3. The molecule has 2 aliphatic carbocycles. The van der Waals surface area contributed by atoms with Gasteiger partial charge in [-0.3, -0.25) is 24.7 Å². The maximum atomic E-state index is 13.1. The fourth-order valence-electron chi connectivity index (χ4n) is 5.44. The molecule has 0 fully saturated rings. The summed E-state index contributed by atoms with van der Waals surface area (Å²) in [6.07, 6.45) is 2.03. The molecule has 0 spiro atoms. The number of hydrogen-bond donors (Lipinski definition) is 4. The molecule has 1 heterocycles. The van der Waals surface area contributed by atoms with Gasteiger partial charge in [0.25, 0.3) is 0 Å². The second-order valence-corrected chi connectivity index (χ2v) is 11.0. The van der Waals surface area contributed by atoms with E-state index in [4.69, 9.17) is 19.2 Å². The average Bonchev–Trinajstić information content (AvgIpc) is 3.21. The number of esters is 1. The van der Waals surface area contributed by atoms with Crippen LogP contribution in [-0.4, -0.2) is 56.5 Å². The number of allylic oxidation sites excluding steroid dienone is 2. The largest absolute Gasteiger partial charge is 0.481 e. The molecule has 0 radical (unpaired) electrons. The van der Waals surface area contributed by atoms with Gasteiger partial charge >= 0.3 is 11.9 Å². The van der Waals surface area contributed by atoms with Crippen molar-refractivity contribution in [2.45, 2.75) is 98.1 Å². The lowest BCUT2D eigenvalue weighted by Gasteiger charge is -2.43. The molecule has 222 valence electrons. The smallest absolute Gasteiger partial charge is 0.308 e. The van der Waals surface area contributed by atoms with Gasteiger partial charge in [-0.25, -0.2) is 0 Å². The molecule has 4 N–H and O–H groups in total. The van der Waals surface area contributed by atoms with E-state index < -0.39 is 36.6 Å². The van der Waals surface area contributed by atoms with E-state index >= 15 is 0 Å². The fourth-order valence-corrected chi connectivity index (χ4v) is 5.44. The van der Waals surface area contributed by atoms with Crippen LogP contribution in [0, 0.1) is 37.5 Å². The Balaban J connectivity index is 1.81. The number of nitrogens with one attached hydrogen (secondary N) is 1. The third-order valence-electron chi connectivity index (χ3n) is 8.12. The molecular weight excluding hydrogens is 520 g/mol.